The summed E-state index contributed by atoms with van der Waals surface area (Å²) < 4.78 is 6.59. The van der Waals surface area contributed by atoms with Gasteiger partial charge >= 0.3 is 0 Å². The molecule has 1 aromatic heterocycles. The number of hydrogen-bond donors (Lipinski definition) is 1. The molecule has 2 heterocycles. The third-order valence-electron chi connectivity index (χ3n) is 3.38. The number of nitrogens with one attached hydrogen (secondary N) is 1. The van der Waals surface area contributed by atoms with Gasteiger partial charge in [-0.1, -0.05) is 6.92 Å². The molecule has 0 radical (unpaired) electrons. The summed E-state index contributed by atoms with van der Waals surface area (Å²) in [5.74, 6) is -0.316. The fourth-order valence-corrected chi connectivity index (χ4v) is 1.84. The minimum absolute atomic E-state index is 0.00555. The fraction of sp³-hybridized carbons (Fsp3) is 0.538. The van der Waals surface area contributed by atoms with Crippen LogP contribution < -0.4 is 10.9 Å². The Balaban J connectivity index is 2.10. The van der Waals surface area contributed by atoms with Crippen molar-refractivity contribution in [2.45, 2.75) is 13.8 Å². The fourth-order valence-electron chi connectivity index (χ4n) is 1.84. The zero-order valence-corrected chi connectivity index (χ0v) is 10.9. The van der Waals surface area contributed by atoms with Gasteiger partial charge in [0.05, 0.1) is 13.2 Å². The van der Waals surface area contributed by atoms with Gasteiger partial charge in [0.25, 0.3) is 11.5 Å². The lowest BCUT2D eigenvalue weighted by molar-refractivity contribution is -0.0978. The summed E-state index contributed by atoms with van der Waals surface area (Å²) in [6, 6.07) is 3.34. The molecule has 18 heavy (non-hydrogen) atoms. The quantitative estimate of drug-likeness (QED) is 0.847. The number of aryl methyl sites for hydroxylation is 1. The number of hydrogen-bond acceptors (Lipinski definition) is 3. The van der Waals surface area contributed by atoms with Crippen LogP contribution in [0.5, 0.6) is 0 Å². The number of ether oxygens (including phenoxy) is 1. The Morgan fingerprint density at radius 2 is 2.17 bits per heavy atom. The molecule has 5 heteroatoms. The zero-order chi connectivity index (χ0) is 13.3. The van der Waals surface area contributed by atoms with E-state index in [1.165, 1.54) is 4.57 Å². The second-order valence-corrected chi connectivity index (χ2v) is 5.24. The van der Waals surface area contributed by atoms with Crippen molar-refractivity contribution < 1.29 is 9.53 Å². The molecular formula is C13H18N2O3. The van der Waals surface area contributed by atoms with Gasteiger partial charge in [-0.2, -0.15) is 0 Å². The highest BCUT2D eigenvalue weighted by molar-refractivity contribution is 5.93. The van der Waals surface area contributed by atoms with Crippen molar-refractivity contribution in [1.82, 2.24) is 9.88 Å². The third-order valence-corrected chi connectivity index (χ3v) is 3.38. The summed E-state index contributed by atoms with van der Waals surface area (Å²) in [6.07, 6.45) is 0. The lowest BCUT2D eigenvalue weighted by atomic mass is 9.89. The number of rotatable bonds is 3. The van der Waals surface area contributed by atoms with Crippen LogP contribution in [0.25, 0.3) is 0 Å². The first-order valence-electron chi connectivity index (χ1n) is 5.95. The first-order chi connectivity index (χ1) is 8.43. The molecule has 1 fully saturated rings. The first-order valence-corrected chi connectivity index (χ1v) is 5.95. The maximum Gasteiger partial charge on any atom is 0.263 e. The van der Waals surface area contributed by atoms with E-state index in [0.717, 1.165) is 5.69 Å². The zero-order valence-electron chi connectivity index (χ0n) is 10.9. The predicted molar refractivity (Wildman–Crippen MR) is 67.7 cm³/mol. The second-order valence-electron chi connectivity index (χ2n) is 5.24. The molecule has 0 atom stereocenters. The van der Waals surface area contributed by atoms with Crippen LogP contribution in [0.2, 0.25) is 0 Å². The smallest absolute Gasteiger partial charge is 0.263 e. The Morgan fingerprint density at radius 3 is 2.72 bits per heavy atom. The molecular weight excluding hydrogens is 232 g/mol. The SMILES string of the molecule is Cc1ccc(C(=O)NCC2(C)COC2)c(=O)n1C. The molecule has 0 bridgehead atoms. The van der Waals surface area contributed by atoms with Gasteiger partial charge in [-0.15, -0.1) is 0 Å². The number of carbonyl (C=O) groups excluding carboxylic acids is 1. The third kappa shape index (κ3) is 2.31. The summed E-state index contributed by atoms with van der Waals surface area (Å²) in [5, 5.41) is 2.80. The lowest BCUT2D eigenvalue weighted by Gasteiger charge is -2.37. The van der Waals surface area contributed by atoms with Crippen LogP contribution in [0.3, 0.4) is 0 Å². The number of aromatic nitrogens is 1. The maximum atomic E-state index is 12.0. The largest absolute Gasteiger partial charge is 0.380 e. The van der Waals surface area contributed by atoms with Gasteiger partial charge in [0.2, 0.25) is 0 Å². The molecule has 1 amide bonds. The van der Waals surface area contributed by atoms with Gasteiger partial charge in [0, 0.05) is 24.7 Å². The van der Waals surface area contributed by atoms with E-state index in [1.54, 1.807) is 19.2 Å². The van der Waals surface area contributed by atoms with Gasteiger partial charge in [0.15, 0.2) is 0 Å². The van der Waals surface area contributed by atoms with Crippen molar-refractivity contribution in [3.8, 4) is 0 Å². The number of amides is 1. The van der Waals surface area contributed by atoms with Gasteiger partial charge in [0.1, 0.15) is 5.56 Å². The summed E-state index contributed by atoms with van der Waals surface area (Å²) in [6.45, 7) is 5.71. The van der Waals surface area contributed by atoms with E-state index in [-0.39, 0.29) is 22.4 Å². The Morgan fingerprint density at radius 1 is 1.50 bits per heavy atom. The molecule has 98 valence electrons. The van der Waals surface area contributed by atoms with Crippen molar-refractivity contribution in [3.63, 3.8) is 0 Å². The molecule has 0 spiro atoms. The number of pyridine rings is 1. The topological polar surface area (TPSA) is 60.3 Å². The van der Waals surface area contributed by atoms with E-state index in [2.05, 4.69) is 5.32 Å². The van der Waals surface area contributed by atoms with Crippen LogP contribution in [0.1, 0.15) is 23.0 Å². The van der Waals surface area contributed by atoms with Gasteiger partial charge in [-0.3, -0.25) is 9.59 Å². The van der Waals surface area contributed by atoms with Crippen molar-refractivity contribution >= 4 is 5.91 Å². The molecule has 0 aromatic carbocycles. The Hall–Kier alpha value is -1.62. The van der Waals surface area contributed by atoms with E-state index < -0.39 is 0 Å². The average molecular weight is 250 g/mol. The van der Waals surface area contributed by atoms with Crippen molar-refractivity contribution in [3.05, 3.63) is 33.7 Å². The van der Waals surface area contributed by atoms with Crippen LogP contribution in [-0.4, -0.2) is 30.2 Å². The molecule has 1 N–H and O–H groups in total. The highest BCUT2D eigenvalue weighted by Crippen LogP contribution is 2.25. The molecule has 5 nitrogen and oxygen atoms in total. The summed E-state index contributed by atoms with van der Waals surface area (Å²) >= 11 is 0. The number of carbonyl (C=O) groups is 1. The first kappa shape index (κ1) is 12.8. The molecule has 1 aliphatic heterocycles. The highest BCUT2D eigenvalue weighted by Gasteiger charge is 2.33. The monoisotopic (exact) mass is 250 g/mol. The molecule has 1 aromatic rings. The maximum absolute atomic E-state index is 12.0. The molecule has 1 saturated heterocycles. The highest BCUT2D eigenvalue weighted by atomic mass is 16.5. The summed E-state index contributed by atoms with van der Waals surface area (Å²) in [7, 11) is 1.66. The Labute approximate surface area is 106 Å². The molecule has 1 aliphatic rings. The van der Waals surface area contributed by atoms with Gasteiger partial charge in [-0.05, 0) is 19.1 Å². The van der Waals surface area contributed by atoms with Crippen LogP contribution in [-0.2, 0) is 11.8 Å². The van der Waals surface area contributed by atoms with Crippen LogP contribution in [0, 0.1) is 12.3 Å². The second kappa shape index (κ2) is 4.57. The van der Waals surface area contributed by atoms with Gasteiger partial charge < -0.3 is 14.6 Å². The summed E-state index contributed by atoms with van der Waals surface area (Å²) in [5.41, 5.74) is 0.761. The average Bonchev–Trinajstić information content (AvgIpc) is 2.31. The minimum atomic E-state index is -0.316. The van der Waals surface area contributed by atoms with Crippen molar-refractivity contribution in [2.24, 2.45) is 12.5 Å². The van der Waals surface area contributed by atoms with Crippen LogP contribution >= 0.6 is 0 Å². The van der Waals surface area contributed by atoms with Crippen molar-refractivity contribution in [1.29, 1.82) is 0 Å². The van der Waals surface area contributed by atoms with E-state index in [1.807, 2.05) is 13.8 Å². The molecule has 2 rings (SSSR count). The van der Waals surface area contributed by atoms with E-state index in [0.29, 0.717) is 19.8 Å². The summed E-state index contributed by atoms with van der Waals surface area (Å²) in [4.78, 5) is 23.9. The standard InChI is InChI=1S/C13H18N2O3/c1-9-4-5-10(12(17)15(9)3)11(16)14-6-13(2)7-18-8-13/h4-5H,6-8H2,1-3H3,(H,14,16). The minimum Gasteiger partial charge on any atom is -0.380 e. The normalized spacial score (nSPS) is 17.1. The lowest BCUT2D eigenvalue weighted by Crippen LogP contribution is -2.49. The van der Waals surface area contributed by atoms with Crippen molar-refractivity contribution in [2.75, 3.05) is 19.8 Å². The molecule has 0 unspecified atom stereocenters. The molecule has 0 aliphatic carbocycles. The Bertz CT molecular complexity index is 530. The van der Waals surface area contributed by atoms with E-state index in [4.69, 9.17) is 4.74 Å². The van der Waals surface area contributed by atoms with E-state index in [9.17, 15) is 9.59 Å². The van der Waals surface area contributed by atoms with E-state index >= 15 is 0 Å². The van der Waals surface area contributed by atoms with Crippen LogP contribution in [0.15, 0.2) is 16.9 Å². The molecule has 0 saturated carbocycles. The predicted octanol–water partition coefficient (Wildman–Crippen LogP) is 0.460. The van der Waals surface area contributed by atoms with Gasteiger partial charge in [-0.25, -0.2) is 0 Å². The Kier molecular flexibility index (Phi) is 3.26. The number of nitrogens with zero attached hydrogens (tertiary/aromatic N) is 1. The van der Waals surface area contributed by atoms with Crippen LogP contribution in [0.4, 0.5) is 0 Å².